The summed E-state index contributed by atoms with van der Waals surface area (Å²) in [6.45, 7) is 2.42. The Morgan fingerprint density at radius 2 is 2.03 bits per heavy atom. The first kappa shape index (κ1) is 20.8. The minimum absolute atomic E-state index is 0.342. The van der Waals surface area contributed by atoms with Crippen molar-refractivity contribution in [2.45, 2.75) is 6.92 Å². The van der Waals surface area contributed by atoms with E-state index in [9.17, 15) is 9.59 Å². The molecular formula is C21H18BrN3O3S. The summed E-state index contributed by atoms with van der Waals surface area (Å²) in [6, 6.07) is 12.4. The predicted octanol–water partition coefficient (Wildman–Crippen LogP) is 5.21. The van der Waals surface area contributed by atoms with E-state index in [0.29, 0.717) is 28.7 Å². The Labute approximate surface area is 180 Å². The van der Waals surface area contributed by atoms with E-state index in [1.807, 2.05) is 25.1 Å². The van der Waals surface area contributed by atoms with Crippen LogP contribution in [0.2, 0.25) is 0 Å². The van der Waals surface area contributed by atoms with Gasteiger partial charge in [-0.25, -0.2) is 4.98 Å². The van der Waals surface area contributed by atoms with Crippen molar-refractivity contribution in [3.8, 4) is 5.75 Å². The third-order valence-corrected chi connectivity index (χ3v) is 4.95. The highest BCUT2D eigenvalue weighted by Crippen LogP contribution is 2.25. The molecule has 2 amide bonds. The van der Waals surface area contributed by atoms with Gasteiger partial charge in [-0.15, -0.1) is 11.3 Å². The van der Waals surface area contributed by atoms with Gasteiger partial charge in [0.1, 0.15) is 5.75 Å². The Morgan fingerprint density at radius 1 is 1.21 bits per heavy atom. The van der Waals surface area contributed by atoms with Crippen LogP contribution in [-0.2, 0) is 4.79 Å². The molecule has 8 heteroatoms. The van der Waals surface area contributed by atoms with Crippen LogP contribution in [-0.4, -0.2) is 23.4 Å². The van der Waals surface area contributed by atoms with E-state index in [1.54, 1.807) is 41.9 Å². The quantitative estimate of drug-likeness (QED) is 0.463. The van der Waals surface area contributed by atoms with Gasteiger partial charge in [-0.2, -0.15) is 0 Å². The summed E-state index contributed by atoms with van der Waals surface area (Å²) >= 11 is 4.74. The Bertz CT molecular complexity index is 1040. The topological polar surface area (TPSA) is 80.3 Å². The number of thiazole rings is 1. The number of carbonyl (C=O) groups excluding carboxylic acids is 2. The number of halogens is 1. The molecule has 1 heterocycles. The fourth-order valence-corrected chi connectivity index (χ4v) is 3.42. The van der Waals surface area contributed by atoms with Gasteiger partial charge in [0.15, 0.2) is 5.13 Å². The van der Waals surface area contributed by atoms with Crippen LogP contribution in [0, 0.1) is 0 Å². The maximum absolute atomic E-state index is 12.5. The second-order valence-electron chi connectivity index (χ2n) is 5.77. The second-order valence-corrected chi connectivity index (χ2v) is 7.58. The van der Waals surface area contributed by atoms with Gasteiger partial charge >= 0.3 is 0 Å². The molecule has 0 aliphatic rings. The van der Waals surface area contributed by atoms with Crippen molar-refractivity contribution in [3.05, 3.63) is 75.7 Å². The molecule has 29 heavy (non-hydrogen) atoms. The summed E-state index contributed by atoms with van der Waals surface area (Å²) < 4.78 is 6.46. The molecule has 0 aliphatic heterocycles. The van der Waals surface area contributed by atoms with Crippen LogP contribution in [0.15, 0.2) is 64.6 Å². The van der Waals surface area contributed by atoms with E-state index >= 15 is 0 Å². The summed E-state index contributed by atoms with van der Waals surface area (Å²) in [5.41, 5.74) is 1.53. The number of aromatic nitrogens is 1. The number of benzene rings is 2. The van der Waals surface area contributed by atoms with Crippen molar-refractivity contribution in [2.24, 2.45) is 0 Å². The molecule has 0 unspecified atom stereocenters. The Hall–Kier alpha value is -2.97. The number of hydrogen-bond acceptors (Lipinski definition) is 5. The maximum atomic E-state index is 12.5. The number of nitrogens with zero attached hydrogens (tertiary/aromatic N) is 1. The highest BCUT2D eigenvalue weighted by atomic mass is 79.9. The Balaban J connectivity index is 1.74. The molecule has 2 N–H and O–H groups in total. The molecule has 1 aromatic heterocycles. The molecule has 0 fully saturated rings. The summed E-state index contributed by atoms with van der Waals surface area (Å²) in [5.74, 6) is -0.0182. The van der Waals surface area contributed by atoms with Crippen LogP contribution < -0.4 is 15.4 Å². The van der Waals surface area contributed by atoms with Crippen LogP contribution in [0.25, 0.3) is 6.08 Å². The zero-order chi connectivity index (χ0) is 20.6. The molecule has 3 aromatic rings. The molecule has 0 saturated carbocycles. The van der Waals surface area contributed by atoms with Gasteiger partial charge in [-0.3, -0.25) is 14.9 Å². The zero-order valence-electron chi connectivity index (χ0n) is 15.5. The number of carbonyl (C=O) groups is 2. The summed E-state index contributed by atoms with van der Waals surface area (Å²) in [6.07, 6.45) is 4.68. The van der Waals surface area contributed by atoms with E-state index in [2.05, 4.69) is 31.5 Å². The lowest BCUT2D eigenvalue weighted by molar-refractivity contribution is -0.111. The zero-order valence-corrected chi connectivity index (χ0v) is 17.9. The lowest BCUT2D eigenvalue weighted by atomic mass is 10.1. The third-order valence-electron chi connectivity index (χ3n) is 3.77. The number of para-hydroxylation sites is 1. The molecule has 0 saturated heterocycles. The smallest absolute Gasteiger partial charge is 0.259 e. The normalized spacial score (nSPS) is 10.7. The molecule has 0 bridgehead atoms. The highest BCUT2D eigenvalue weighted by Gasteiger charge is 2.13. The van der Waals surface area contributed by atoms with E-state index in [1.165, 1.54) is 17.4 Å². The summed E-state index contributed by atoms with van der Waals surface area (Å²) in [7, 11) is 0. The first-order valence-corrected chi connectivity index (χ1v) is 10.5. The van der Waals surface area contributed by atoms with Crippen LogP contribution in [0.4, 0.5) is 10.8 Å². The predicted molar refractivity (Wildman–Crippen MR) is 119 cm³/mol. The van der Waals surface area contributed by atoms with Crippen LogP contribution in [0.5, 0.6) is 5.75 Å². The van der Waals surface area contributed by atoms with Crippen molar-refractivity contribution in [2.75, 3.05) is 17.2 Å². The van der Waals surface area contributed by atoms with E-state index in [-0.39, 0.29) is 11.8 Å². The van der Waals surface area contributed by atoms with Gasteiger partial charge in [-0.1, -0.05) is 28.1 Å². The molecule has 3 rings (SSSR count). The number of nitrogens with one attached hydrogen (secondary N) is 2. The minimum atomic E-state index is -0.359. The van der Waals surface area contributed by atoms with Gasteiger partial charge in [0.2, 0.25) is 5.91 Å². The lowest BCUT2D eigenvalue weighted by Gasteiger charge is -2.10. The van der Waals surface area contributed by atoms with Crippen molar-refractivity contribution in [3.63, 3.8) is 0 Å². The molecule has 0 radical (unpaired) electrons. The van der Waals surface area contributed by atoms with Crippen LogP contribution >= 0.6 is 27.3 Å². The first-order valence-electron chi connectivity index (χ1n) is 8.78. The van der Waals surface area contributed by atoms with Gasteiger partial charge < -0.3 is 10.1 Å². The van der Waals surface area contributed by atoms with Crippen molar-refractivity contribution in [1.29, 1.82) is 0 Å². The van der Waals surface area contributed by atoms with E-state index < -0.39 is 0 Å². The average Bonchev–Trinajstić information content (AvgIpc) is 3.21. The standard InChI is InChI=1S/C21H18BrN3O3S/c1-2-28-18-9-8-15(22)13-14(18)7-10-19(26)24-17-6-4-3-5-16(17)20(27)25-21-23-11-12-29-21/h3-13H,2H2,1H3,(H,24,26)(H,23,25,27)/b10-7+. The molecular weight excluding hydrogens is 454 g/mol. The summed E-state index contributed by atoms with van der Waals surface area (Å²) in [5, 5.41) is 7.73. The number of anilines is 2. The fourth-order valence-electron chi connectivity index (χ4n) is 2.52. The second kappa shape index (κ2) is 9.99. The minimum Gasteiger partial charge on any atom is -0.493 e. The van der Waals surface area contributed by atoms with Gasteiger partial charge in [0.25, 0.3) is 5.91 Å². The van der Waals surface area contributed by atoms with Crippen molar-refractivity contribution in [1.82, 2.24) is 4.98 Å². The van der Waals surface area contributed by atoms with Crippen LogP contribution in [0.3, 0.4) is 0 Å². The molecule has 6 nitrogen and oxygen atoms in total. The molecule has 2 aromatic carbocycles. The largest absolute Gasteiger partial charge is 0.493 e. The monoisotopic (exact) mass is 471 g/mol. The SMILES string of the molecule is CCOc1ccc(Br)cc1/C=C/C(=O)Nc1ccccc1C(=O)Nc1nccs1. The number of hydrogen-bond donors (Lipinski definition) is 2. The number of amides is 2. The van der Waals surface area contributed by atoms with Gasteiger partial charge in [-0.05, 0) is 43.3 Å². The lowest BCUT2D eigenvalue weighted by Crippen LogP contribution is -2.16. The number of rotatable bonds is 7. The van der Waals surface area contributed by atoms with Gasteiger partial charge in [0, 0.05) is 27.7 Å². The summed E-state index contributed by atoms with van der Waals surface area (Å²) in [4.78, 5) is 29.0. The fraction of sp³-hybridized carbons (Fsp3) is 0.0952. The number of ether oxygens (including phenoxy) is 1. The molecule has 0 aliphatic carbocycles. The van der Waals surface area contributed by atoms with Gasteiger partial charge in [0.05, 0.1) is 17.9 Å². The first-order chi connectivity index (χ1) is 14.1. The van der Waals surface area contributed by atoms with Crippen molar-refractivity contribution < 1.29 is 14.3 Å². The van der Waals surface area contributed by atoms with Crippen molar-refractivity contribution >= 4 is 56.0 Å². The highest BCUT2D eigenvalue weighted by molar-refractivity contribution is 9.10. The Kier molecular flexibility index (Phi) is 7.15. The molecule has 148 valence electrons. The maximum Gasteiger partial charge on any atom is 0.259 e. The molecule has 0 atom stereocenters. The third kappa shape index (κ3) is 5.75. The van der Waals surface area contributed by atoms with E-state index in [4.69, 9.17) is 4.74 Å². The molecule has 0 spiro atoms. The Morgan fingerprint density at radius 3 is 2.79 bits per heavy atom. The van der Waals surface area contributed by atoms with Crippen LogP contribution in [0.1, 0.15) is 22.8 Å². The average molecular weight is 472 g/mol. The van der Waals surface area contributed by atoms with E-state index in [0.717, 1.165) is 10.0 Å².